The fraction of sp³-hybridized carbons (Fsp3) is 0.448. The molecule has 0 bridgehead atoms. The highest BCUT2D eigenvalue weighted by molar-refractivity contribution is 6.01. The Kier molecular flexibility index (Phi) is 8.59. The summed E-state index contributed by atoms with van der Waals surface area (Å²) in [4.78, 5) is 18.4. The van der Waals surface area contributed by atoms with Crippen molar-refractivity contribution < 1.29 is 14.3 Å². The van der Waals surface area contributed by atoms with E-state index in [1.165, 1.54) is 25.7 Å². The van der Waals surface area contributed by atoms with E-state index in [1.807, 2.05) is 67.5 Å². The van der Waals surface area contributed by atoms with E-state index in [1.54, 1.807) is 13.3 Å². The van der Waals surface area contributed by atoms with E-state index in [0.717, 1.165) is 16.9 Å². The van der Waals surface area contributed by atoms with Crippen LogP contribution in [0.5, 0.6) is 5.75 Å². The van der Waals surface area contributed by atoms with Gasteiger partial charge >= 0.3 is 5.97 Å². The van der Waals surface area contributed by atoms with Crippen LogP contribution in [0.3, 0.4) is 0 Å². The van der Waals surface area contributed by atoms with Gasteiger partial charge in [-0.25, -0.2) is 10.4 Å². The summed E-state index contributed by atoms with van der Waals surface area (Å²) < 4.78 is 11.1. The zero-order chi connectivity index (χ0) is 24.6. The highest BCUT2D eigenvalue weighted by atomic mass is 16.5. The number of esters is 1. The monoisotopic (exact) mass is 475 g/mol. The number of benzene rings is 2. The fourth-order valence-electron chi connectivity index (χ4n) is 4.91. The van der Waals surface area contributed by atoms with Crippen molar-refractivity contribution in [2.24, 2.45) is 28.7 Å². The molecule has 0 aliphatic heterocycles. The first-order chi connectivity index (χ1) is 17.2. The molecule has 0 amide bonds. The standard InChI is InChI=1S/C29H37N3O3/c1-4-35-29(33)27(26(23-14-15-23)24-16-17-24)28(32(30-2)20-21-10-6-5-7-11-21)31-19-18-22-12-8-9-13-25(22)34-3/h5-13,18-19,23-24,26-27,30H,4,14-17,20H2,1-3H3/b19-18+,31-28-. The minimum absolute atomic E-state index is 0.172. The van der Waals surface area contributed by atoms with Crippen molar-refractivity contribution in [3.63, 3.8) is 0 Å². The molecule has 0 aromatic heterocycles. The number of para-hydroxylation sites is 1. The lowest BCUT2D eigenvalue weighted by atomic mass is 9.82. The SMILES string of the molecule is CCOC(=O)C(/C(=N/C=C/c1ccccc1OC)N(Cc1ccccc1)NC)C(C1CC1)C1CC1. The molecule has 0 spiro atoms. The zero-order valence-corrected chi connectivity index (χ0v) is 21.0. The third kappa shape index (κ3) is 6.51. The van der Waals surface area contributed by atoms with Crippen LogP contribution in [0.2, 0.25) is 0 Å². The second kappa shape index (κ2) is 12.0. The summed E-state index contributed by atoms with van der Waals surface area (Å²) in [7, 11) is 3.55. The van der Waals surface area contributed by atoms with E-state index >= 15 is 0 Å². The quantitative estimate of drug-likeness (QED) is 0.195. The van der Waals surface area contributed by atoms with Crippen LogP contribution < -0.4 is 10.2 Å². The summed E-state index contributed by atoms with van der Waals surface area (Å²) in [6.45, 7) is 2.83. The Hall–Kier alpha value is -3.12. The van der Waals surface area contributed by atoms with Crippen LogP contribution >= 0.6 is 0 Å². The van der Waals surface area contributed by atoms with Gasteiger partial charge in [0.15, 0.2) is 0 Å². The lowest BCUT2D eigenvalue weighted by Gasteiger charge is -2.33. The van der Waals surface area contributed by atoms with Gasteiger partial charge in [0.2, 0.25) is 0 Å². The average molecular weight is 476 g/mol. The summed E-state index contributed by atoms with van der Waals surface area (Å²) in [5.41, 5.74) is 5.38. The van der Waals surface area contributed by atoms with Gasteiger partial charge in [-0.05, 0) is 68.1 Å². The van der Waals surface area contributed by atoms with Crippen molar-refractivity contribution >= 4 is 17.9 Å². The minimum Gasteiger partial charge on any atom is -0.496 e. The Balaban J connectivity index is 1.73. The molecule has 2 aliphatic carbocycles. The van der Waals surface area contributed by atoms with Gasteiger partial charge in [0, 0.05) is 18.8 Å². The molecular weight excluding hydrogens is 438 g/mol. The number of ether oxygens (including phenoxy) is 2. The molecule has 6 nitrogen and oxygen atoms in total. The van der Waals surface area contributed by atoms with Crippen molar-refractivity contribution in [3.8, 4) is 5.75 Å². The molecule has 35 heavy (non-hydrogen) atoms. The van der Waals surface area contributed by atoms with Crippen LogP contribution in [0.1, 0.15) is 43.7 Å². The zero-order valence-electron chi connectivity index (χ0n) is 21.0. The normalized spacial score (nSPS) is 17.0. The molecule has 4 rings (SSSR count). The Labute approximate surface area is 209 Å². The van der Waals surface area contributed by atoms with Gasteiger partial charge in [0.05, 0.1) is 20.3 Å². The lowest BCUT2D eigenvalue weighted by molar-refractivity contribution is -0.148. The molecule has 2 aromatic rings. The highest BCUT2D eigenvalue weighted by Crippen LogP contribution is 2.53. The topological polar surface area (TPSA) is 63.2 Å². The number of hydrazine groups is 1. The number of hydrogen-bond donors (Lipinski definition) is 1. The molecule has 1 unspecified atom stereocenters. The maximum absolute atomic E-state index is 13.5. The molecule has 1 N–H and O–H groups in total. The molecule has 2 aromatic carbocycles. The van der Waals surface area contributed by atoms with Crippen molar-refractivity contribution in [1.82, 2.24) is 10.4 Å². The largest absolute Gasteiger partial charge is 0.496 e. The van der Waals surface area contributed by atoms with Gasteiger partial charge in [-0.3, -0.25) is 9.80 Å². The number of methoxy groups -OCH3 is 1. The van der Waals surface area contributed by atoms with Gasteiger partial charge in [-0.15, -0.1) is 0 Å². The Morgan fingerprint density at radius 3 is 2.34 bits per heavy atom. The fourth-order valence-corrected chi connectivity index (χ4v) is 4.91. The van der Waals surface area contributed by atoms with E-state index in [2.05, 4.69) is 17.6 Å². The van der Waals surface area contributed by atoms with Crippen LogP contribution in [0, 0.1) is 23.7 Å². The number of carbonyl (C=O) groups is 1. The molecule has 0 radical (unpaired) electrons. The summed E-state index contributed by atoms with van der Waals surface area (Å²) in [6.07, 6.45) is 8.44. The number of rotatable bonds is 12. The van der Waals surface area contributed by atoms with Crippen LogP contribution in [-0.4, -0.2) is 37.6 Å². The molecule has 0 saturated heterocycles. The first-order valence-corrected chi connectivity index (χ1v) is 12.7. The smallest absolute Gasteiger partial charge is 0.316 e. The first kappa shape index (κ1) is 25.0. The van der Waals surface area contributed by atoms with E-state index in [-0.39, 0.29) is 11.9 Å². The van der Waals surface area contributed by atoms with Crippen molar-refractivity contribution in [3.05, 3.63) is 71.9 Å². The summed E-state index contributed by atoms with van der Waals surface area (Å²) in [5, 5.41) is 2.00. The van der Waals surface area contributed by atoms with Gasteiger partial charge in [0.1, 0.15) is 17.5 Å². The van der Waals surface area contributed by atoms with Crippen molar-refractivity contribution in [1.29, 1.82) is 0 Å². The number of amidine groups is 1. The molecule has 6 heteroatoms. The summed E-state index contributed by atoms with van der Waals surface area (Å²) >= 11 is 0. The van der Waals surface area contributed by atoms with Crippen molar-refractivity contribution in [2.45, 2.75) is 39.2 Å². The summed E-state index contributed by atoms with van der Waals surface area (Å²) in [5.74, 6) is 2.31. The third-order valence-corrected chi connectivity index (χ3v) is 6.87. The average Bonchev–Trinajstić information content (AvgIpc) is 3.80. The summed E-state index contributed by atoms with van der Waals surface area (Å²) in [6, 6.07) is 18.1. The van der Waals surface area contributed by atoms with Crippen molar-refractivity contribution in [2.75, 3.05) is 20.8 Å². The Bertz CT molecular complexity index is 1020. The number of carbonyl (C=O) groups excluding carboxylic acids is 1. The predicted molar refractivity (Wildman–Crippen MR) is 140 cm³/mol. The van der Waals surface area contributed by atoms with E-state index in [4.69, 9.17) is 14.5 Å². The highest BCUT2D eigenvalue weighted by Gasteiger charge is 2.51. The maximum Gasteiger partial charge on any atom is 0.316 e. The van der Waals surface area contributed by atoms with E-state index in [9.17, 15) is 4.79 Å². The number of hydrogen-bond acceptors (Lipinski definition) is 5. The van der Waals surface area contributed by atoms with Crippen LogP contribution in [-0.2, 0) is 16.1 Å². The van der Waals surface area contributed by atoms with Gasteiger partial charge in [0.25, 0.3) is 0 Å². The Morgan fingerprint density at radius 2 is 1.74 bits per heavy atom. The maximum atomic E-state index is 13.5. The lowest BCUT2D eigenvalue weighted by Crippen LogP contribution is -2.49. The second-order valence-corrected chi connectivity index (χ2v) is 9.32. The molecule has 2 aliphatic rings. The predicted octanol–water partition coefficient (Wildman–Crippen LogP) is 5.32. The second-order valence-electron chi connectivity index (χ2n) is 9.32. The first-order valence-electron chi connectivity index (χ1n) is 12.7. The molecule has 2 fully saturated rings. The number of aliphatic imine (C=N–C) groups is 1. The molecule has 186 valence electrons. The van der Waals surface area contributed by atoms with Crippen LogP contribution in [0.25, 0.3) is 6.08 Å². The van der Waals surface area contributed by atoms with E-state index in [0.29, 0.717) is 30.8 Å². The van der Waals surface area contributed by atoms with Crippen LogP contribution in [0.15, 0.2) is 65.8 Å². The minimum atomic E-state index is -0.409. The number of nitrogens with zero attached hydrogens (tertiary/aromatic N) is 2. The molecular formula is C29H37N3O3. The van der Waals surface area contributed by atoms with Gasteiger partial charge in [-0.1, -0.05) is 48.5 Å². The third-order valence-electron chi connectivity index (χ3n) is 6.87. The molecule has 0 heterocycles. The molecule has 2 saturated carbocycles. The Morgan fingerprint density at radius 1 is 1.09 bits per heavy atom. The molecule has 1 atom stereocenters. The van der Waals surface area contributed by atoms with E-state index < -0.39 is 5.92 Å². The van der Waals surface area contributed by atoms with Crippen LogP contribution in [0.4, 0.5) is 0 Å². The number of nitrogens with one attached hydrogen (secondary N) is 1. The van der Waals surface area contributed by atoms with Gasteiger partial charge in [-0.2, -0.15) is 0 Å². The van der Waals surface area contributed by atoms with Gasteiger partial charge < -0.3 is 9.47 Å².